The van der Waals surface area contributed by atoms with E-state index in [9.17, 15) is 4.79 Å². The highest BCUT2D eigenvalue weighted by molar-refractivity contribution is 6.06. The second-order valence-corrected chi connectivity index (χ2v) is 4.12. The fourth-order valence-electron chi connectivity index (χ4n) is 1.65. The maximum absolute atomic E-state index is 11.9. The average molecular weight is 258 g/mol. The Morgan fingerprint density at radius 1 is 0.850 bits per heavy atom. The molecule has 0 aromatic heterocycles. The molecule has 0 aliphatic heterocycles. The van der Waals surface area contributed by atoms with Crippen molar-refractivity contribution in [2.24, 2.45) is 0 Å². The van der Waals surface area contributed by atoms with Crippen molar-refractivity contribution < 1.29 is 4.79 Å². The minimum Gasteiger partial charge on any atom is -0.289 e. The van der Waals surface area contributed by atoms with Crippen LogP contribution in [0.3, 0.4) is 0 Å². The van der Waals surface area contributed by atoms with Crippen LogP contribution in [0, 0.1) is 22.7 Å². The SMILES string of the molecule is N#Cc1ccc(/C=C/C(=O)c2ccc(C#N)cc2)cc1. The molecule has 0 atom stereocenters. The highest BCUT2D eigenvalue weighted by Gasteiger charge is 2.01. The van der Waals surface area contributed by atoms with Crippen LogP contribution in [-0.4, -0.2) is 5.78 Å². The smallest absolute Gasteiger partial charge is 0.185 e. The monoisotopic (exact) mass is 258 g/mol. The molecule has 0 aliphatic carbocycles. The van der Waals surface area contributed by atoms with Gasteiger partial charge in [0, 0.05) is 5.56 Å². The molecular weight excluding hydrogens is 248 g/mol. The normalized spacial score (nSPS) is 9.90. The molecule has 94 valence electrons. The van der Waals surface area contributed by atoms with Crippen molar-refractivity contribution in [3.63, 3.8) is 0 Å². The van der Waals surface area contributed by atoms with Gasteiger partial charge in [-0.05, 0) is 48.0 Å². The number of nitriles is 2. The number of carbonyl (C=O) groups is 1. The van der Waals surface area contributed by atoms with Gasteiger partial charge in [0.05, 0.1) is 23.3 Å². The van der Waals surface area contributed by atoms with Crippen LogP contribution < -0.4 is 0 Å². The minimum atomic E-state index is -0.126. The number of hydrogen-bond donors (Lipinski definition) is 0. The Hall–Kier alpha value is -3.17. The molecule has 0 N–H and O–H groups in total. The molecule has 0 spiro atoms. The van der Waals surface area contributed by atoms with Gasteiger partial charge in [0.15, 0.2) is 5.78 Å². The number of allylic oxidation sites excluding steroid dienone is 1. The molecule has 0 amide bonds. The summed E-state index contributed by atoms with van der Waals surface area (Å²) < 4.78 is 0. The molecular formula is C17H10N2O. The van der Waals surface area contributed by atoms with Gasteiger partial charge < -0.3 is 0 Å². The lowest BCUT2D eigenvalue weighted by atomic mass is 10.1. The van der Waals surface area contributed by atoms with E-state index in [1.165, 1.54) is 6.08 Å². The number of carbonyl (C=O) groups excluding carboxylic acids is 1. The molecule has 0 aliphatic rings. The largest absolute Gasteiger partial charge is 0.289 e. The third kappa shape index (κ3) is 3.19. The van der Waals surface area contributed by atoms with Crippen molar-refractivity contribution >= 4 is 11.9 Å². The van der Waals surface area contributed by atoms with Crippen LogP contribution in [0.2, 0.25) is 0 Å². The van der Waals surface area contributed by atoms with Gasteiger partial charge >= 0.3 is 0 Å². The highest BCUT2D eigenvalue weighted by atomic mass is 16.1. The van der Waals surface area contributed by atoms with Gasteiger partial charge in [-0.15, -0.1) is 0 Å². The first-order valence-corrected chi connectivity index (χ1v) is 5.95. The lowest BCUT2D eigenvalue weighted by molar-refractivity contribution is 0.104. The molecule has 0 heterocycles. The van der Waals surface area contributed by atoms with Crippen molar-refractivity contribution in [2.45, 2.75) is 0 Å². The van der Waals surface area contributed by atoms with E-state index in [-0.39, 0.29) is 5.78 Å². The summed E-state index contributed by atoms with van der Waals surface area (Å²) in [6.45, 7) is 0. The van der Waals surface area contributed by atoms with Gasteiger partial charge in [0.2, 0.25) is 0 Å². The third-order valence-corrected chi connectivity index (χ3v) is 2.77. The second kappa shape index (κ2) is 6.13. The summed E-state index contributed by atoms with van der Waals surface area (Å²) >= 11 is 0. The number of rotatable bonds is 3. The molecule has 0 saturated carbocycles. The third-order valence-electron chi connectivity index (χ3n) is 2.77. The Morgan fingerprint density at radius 3 is 1.85 bits per heavy atom. The first-order chi connectivity index (χ1) is 9.72. The zero-order valence-electron chi connectivity index (χ0n) is 10.6. The Morgan fingerprint density at radius 2 is 1.35 bits per heavy atom. The molecule has 0 fully saturated rings. The van der Waals surface area contributed by atoms with Gasteiger partial charge in [-0.1, -0.05) is 18.2 Å². The molecule has 3 nitrogen and oxygen atoms in total. The Kier molecular flexibility index (Phi) is 4.07. The molecule has 3 heteroatoms. The quantitative estimate of drug-likeness (QED) is 0.626. The van der Waals surface area contributed by atoms with E-state index in [2.05, 4.69) is 0 Å². The van der Waals surface area contributed by atoms with Gasteiger partial charge in [0.25, 0.3) is 0 Å². The van der Waals surface area contributed by atoms with Crippen LogP contribution in [0.25, 0.3) is 6.08 Å². The molecule has 2 aromatic carbocycles. The molecule has 0 radical (unpaired) electrons. The van der Waals surface area contributed by atoms with E-state index in [1.54, 1.807) is 54.6 Å². The lowest BCUT2D eigenvalue weighted by Crippen LogP contribution is -1.93. The fourth-order valence-corrected chi connectivity index (χ4v) is 1.65. The van der Waals surface area contributed by atoms with Gasteiger partial charge in [-0.2, -0.15) is 10.5 Å². The van der Waals surface area contributed by atoms with E-state index in [0.717, 1.165) is 5.56 Å². The number of hydrogen-bond acceptors (Lipinski definition) is 3. The standard InChI is InChI=1S/C17H10N2O/c18-11-14-3-1-13(2-4-14)7-10-17(20)16-8-5-15(12-19)6-9-16/h1-10H/b10-7+. The van der Waals surface area contributed by atoms with Crippen molar-refractivity contribution in [3.8, 4) is 12.1 Å². The summed E-state index contributed by atoms with van der Waals surface area (Å²) in [5.74, 6) is -0.126. The molecule has 0 saturated heterocycles. The van der Waals surface area contributed by atoms with Gasteiger partial charge in [0.1, 0.15) is 0 Å². The zero-order valence-corrected chi connectivity index (χ0v) is 10.6. The first-order valence-electron chi connectivity index (χ1n) is 5.95. The first kappa shape index (κ1) is 13.3. The van der Waals surface area contributed by atoms with Crippen molar-refractivity contribution in [1.29, 1.82) is 10.5 Å². The van der Waals surface area contributed by atoms with Crippen molar-refractivity contribution in [3.05, 3.63) is 76.9 Å². The van der Waals surface area contributed by atoms with Crippen molar-refractivity contribution in [1.82, 2.24) is 0 Å². The van der Waals surface area contributed by atoms with E-state index in [1.807, 2.05) is 12.1 Å². The van der Waals surface area contributed by atoms with E-state index in [0.29, 0.717) is 16.7 Å². The highest BCUT2D eigenvalue weighted by Crippen LogP contribution is 2.08. The Bertz CT molecular complexity index is 727. The number of ketones is 1. The predicted octanol–water partition coefficient (Wildman–Crippen LogP) is 3.33. The fraction of sp³-hybridized carbons (Fsp3) is 0. The topological polar surface area (TPSA) is 64.7 Å². The summed E-state index contributed by atoms with van der Waals surface area (Å²) in [6.07, 6.45) is 3.17. The van der Waals surface area contributed by atoms with Crippen LogP contribution in [0.5, 0.6) is 0 Å². The van der Waals surface area contributed by atoms with E-state index >= 15 is 0 Å². The number of benzene rings is 2. The number of nitrogens with zero attached hydrogens (tertiary/aromatic N) is 2. The Labute approximate surface area is 117 Å². The minimum absolute atomic E-state index is 0.126. The summed E-state index contributed by atoms with van der Waals surface area (Å²) in [7, 11) is 0. The predicted molar refractivity (Wildman–Crippen MR) is 75.7 cm³/mol. The van der Waals surface area contributed by atoms with E-state index in [4.69, 9.17) is 10.5 Å². The Balaban J connectivity index is 2.11. The van der Waals surface area contributed by atoms with Crippen molar-refractivity contribution in [2.75, 3.05) is 0 Å². The summed E-state index contributed by atoms with van der Waals surface area (Å²) in [5.41, 5.74) is 2.50. The van der Waals surface area contributed by atoms with Crippen LogP contribution >= 0.6 is 0 Å². The van der Waals surface area contributed by atoms with Crippen LogP contribution in [0.15, 0.2) is 54.6 Å². The zero-order chi connectivity index (χ0) is 14.4. The van der Waals surface area contributed by atoms with Crippen LogP contribution in [0.4, 0.5) is 0 Å². The summed E-state index contributed by atoms with van der Waals surface area (Å²) in [6, 6.07) is 17.5. The maximum Gasteiger partial charge on any atom is 0.185 e. The maximum atomic E-state index is 11.9. The summed E-state index contributed by atoms with van der Waals surface area (Å²) in [5, 5.41) is 17.4. The van der Waals surface area contributed by atoms with Crippen LogP contribution in [0.1, 0.15) is 27.0 Å². The average Bonchev–Trinajstić information content (AvgIpc) is 2.53. The van der Waals surface area contributed by atoms with Crippen LogP contribution in [-0.2, 0) is 0 Å². The molecule has 0 unspecified atom stereocenters. The molecule has 0 bridgehead atoms. The second-order valence-electron chi connectivity index (χ2n) is 4.12. The lowest BCUT2D eigenvalue weighted by Gasteiger charge is -1.96. The summed E-state index contributed by atoms with van der Waals surface area (Å²) in [4.78, 5) is 11.9. The van der Waals surface area contributed by atoms with Gasteiger partial charge in [-0.3, -0.25) is 4.79 Å². The molecule has 2 aromatic rings. The van der Waals surface area contributed by atoms with Gasteiger partial charge in [-0.25, -0.2) is 0 Å². The molecule has 2 rings (SSSR count). The van der Waals surface area contributed by atoms with E-state index < -0.39 is 0 Å². The molecule has 20 heavy (non-hydrogen) atoms.